The highest BCUT2D eigenvalue weighted by molar-refractivity contribution is 5.90. The molecule has 2 aromatic carbocycles. The van der Waals surface area contributed by atoms with Crippen LogP contribution in [0.25, 0.3) is 16.6 Å². The lowest BCUT2D eigenvalue weighted by Crippen LogP contribution is -2.12. The van der Waals surface area contributed by atoms with E-state index in [1.54, 1.807) is 0 Å². The van der Waals surface area contributed by atoms with Crippen molar-refractivity contribution in [3.63, 3.8) is 0 Å². The van der Waals surface area contributed by atoms with Crippen LogP contribution in [0, 0.1) is 13.8 Å². The lowest BCUT2D eigenvalue weighted by molar-refractivity contribution is 0.918. The highest BCUT2D eigenvalue weighted by Gasteiger charge is 2.23. The fourth-order valence-electron chi connectivity index (χ4n) is 3.40. The summed E-state index contributed by atoms with van der Waals surface area (Å²) in [5.41, 5.74) is 8.81. The first kappa shape index (κ1) is 13.2. The molecule has 0 amide bonds. The van der Waals surface area contributed by atoms with Gasteiger partial charge in [-0.25, -0.2) is 0 Å². The summed E-state index contributed by atoms with van der Waals surface area (Å²) < 4.78 is 2.23. The summed E-state index contributed by atoms with van der Waals surface area (Å²) in [7, 11) is 2.12. The fourth-order valence-corrected chi connectivity index (χ4v) is 3.40. The molecule has 112 valence electrons. The molecule has 0 saturated heterocycles. The first-order valence-corrected chi connectivity index (χ1v) is 7.67. The Bertz CT molecular complexity index is 921. The van der Waals surface area contributed by atoms with Gasteiger partial charge in [0.05, 0.1) is 0 Å². The topological polar surface area (TPSA) is 8.17 Å². The molecule has 1 aromatic heterocycles. The van der Waals surface area contributed by atoms with Gasteiger partial charge in [0, 0.05) is 48.6 Å². The highest BCUT2D eigenvalue weighted by Crippen LogP contribution is 2.37. The van der Waals surface area contributed by atoms with Crippen LogP contribution in [0.4, 0.5) is 5.69 Å². The van der Waals surface area contributed by atoms with E-state index in [2.05, 4.69) is 79.4 Å². The van der Waals surface area contributed by atoms with Crippen LogP contribution in [0.5, 0.6) is 0 Å². The molecule has 0 radical (unpaired) electrons. The maximum absolute atomic E-state index is 4.32. The molecule has 0 aliphatic carbocycles. The predicted molar refractivity (Wildman–Crippen MR) is 96.2 cm³/mol. The minimum absolute atomic E-state index is 0. The third kappa shape index (κ3) is 1.80. The number of fused-ring (bicyclic) bond motifs is 2. The number of anilines is 1. The molecule has 3 aromatic rings. The van der Waals surface area contributed by atoms with Gasteiger partial charge in [0.25, 0.3) is 0 Å². The van der Waals surface area contributed by atoms with Crippen molar-refractivity contribution in [3.05, 3.63) is 71.4 Å². The Morgan fingerprint density at radius 1 is 1.05 bits per heavy atom. The first-order valence-electron chi connectivity index (χ1n) is 7.67. The van der Waals surface area contributed by atoms with Crippen molar-refractivity contribution in [3.8, 4) is 0 Å². The number of aromatic nitrogens is 1. The van der Waals surface area contributed by atoms with E-state index < -0.39 is 0 Å². The number of rotatable bonds is 1. The van der Waals surface area contributed by atoms with E-state index in [4.69, 9.17) is 0 Å². The average Bonchev–Trinajstić information content (AvgIpc) is 2.97. The maximum Gasteiger partial charge on any atom is 0.0488 e. The SMILES string of the molecule is C=C1c2cc(C)ccc2CN1c1ccc2c(c1)cc(C)n2C.[HH]. The third-order valence-corrected chi connectivity index (χ3v) is 4.81. The monoisotopic (exact) mass is 290 g/mol. The fraction of sp³-hybridized carbons (Fsp3) is 0.200. The Balaban J connectivity index is 0.00000156. The van der Waals surface area contributed by atoms with Gasteiger partial charge in [0.2, 0.25) is 0 Å². The Morgan fingerprint density at radius 2 is 1.86 bits per heavy atom. The molecule has 0 unspecified atom stereocenters. The van der Waals surface area contributed by atoms with Crippen molar-refractivity contribution < 1.29 is 1.43 Å². The van der Waals surface area contributed by atoms with E-state index in [-0.39, 0.29) is 1.43 Å². The third-order valence-electron chi connectivity index (χ3n) is 4.81. The van der Waals surface area contributed by atoms with Crippen LogP contribution in [-0.2, 0) is 13.6 Å². The minimum atomic E-state index is 0. The van der Waals surface area contributed by atoms with Gasteiger partial charge in [0.1, 0.15) is 0 Å². The maximum atomic E-state index is 4.32. The largest absolute Gasteiger partial charge is 0.348 e. The number of aryl methyl sites for hydroxylation is 3. The summed E-state index contributed by atoms with van der Waals surface area (Å²) >= 11 is 0. The van der Waals surface area contributed by atoms with Crippen molar-refractivity contribution in [1.29, 1.82) is 0 Å². The number of hydrogen-bond acceptors (Lipinski definition) is 1. The van der Waals surface area contributed by atoms with Crippen molar-refractivity contribution in [1.82, 2.24) is 4.57 Å². The summed E-state index contributed by atoms with van der Waals surface area (Å²) in [5, 5.41) is 1.29. The van der Waals surface area contributed by atoms with Crippen molar-refractivity contribution >= 4 is 22.3 Å². The number of nitrogens with zero attached hydrogens (tertiary/aromatic N) is 2. The van der Waals surface area contributed by atoms with Gasteiger partial charge < -0.3 is 9.47 Å². The molecule has 22 heavy (non-hydrogen) atoms. The average molecular weight is 290 g/mol. The van der Waals surface area contributed by atoms with Crippen LogP contribution in [0.1, 0.15) is 23.8 Å². The molecule has 4 rings (SSSR count). The molecule has 2 heteroatoms. The summed E-state index contributed by atoms with van der Waals surface area (Å²) in [4.78, 5) is 2.31. The quantitative estimate of drug-likeness (QED) is 0.610. The van der Waals surface area contributed by atoms with Crippen LogP contribution in [0.3, 0.4) is 0 Å². The standard InChI is InChI=1S/C20H20N2.H2/c1-13-5-6-16-12-22(15(3)19(16)9-13)18-7-8-20-17(11-18)10-14(2)21(20)4;/h5-11H,3,12H2,1-2,4H3;1H. The Hall–Kier alpha value is -2.48. The highest BCUT2D eigenvalue weighted by atomic mass is 15.2. The Kier molecular flexibility index (Phi) is 2.70. The minimum Gasteiger partial charge on any atom is -0.348 e. The molecule has 0 spiro atoms. The van der Waals surface area contributed by atoms with Gasteiger partial charge in [0.15, 0.2) is 0 Å². The van der Waals surface area contributed by atoms with Gasteiger partial charge >= 0.3 is 0 Å². The second kappa shape index (κ2) is 4.51. The molecular formula is C20H22N2. The molecule has 0 bridgehead atoms. The van der Waals surface area contributed by atoms with Crippen LogP contribution in [0.2, 0.25) is 0 Å². The van der Waals surface area contributed by atoms with Crippen LogP contribution >= 0.6 is 0 Å². The van der Waals surface area contributed by atoms with Gasteiger partial charge in [-0.1, -0.05) is 24.3 Å². The number of benzene rings is 2. The number of hydrogen-bond donors (Lipinski definition) is 0. The van der Waals surface area contributed by atoms with E-state index in [1.165, 1.54) is 39.0 Å². The van der Waals surface area contributed by atoms with Gasteiger partial charge in [-0.05, 0) is 49.7 Å². The molecule has 1 aliphatic rings. The summed E-state index contributed by atoms with van der Waals surface area (Å²) in [6.45, 7) is 9.51. The summed E-state index contributed by atoms with van der Waals surface area (Å²) in [5.74, 6) is 0. The second-order valence-electron chi connectivity index (χ2n) is 6.28. The molecule has 0 saturated carbocycles. The van der Waals surface area contributed by atoms with E-state index in [0.717, 1.165) is 12.2 Å². The van der Waals surface area contributed by atoms with E-state index in [0.29, 0.717) is 0 Å². The molecule has 0 fully saturated rings. The van der Waals surface area contributed by atoms with Crippen LogP contribution < -0.4 is 4.90 Å². The zero-order valence-electron chi connectivity index (χ0n) is 13.4. The van der Waals surface area contributed by atoms with E-state index in [9.17, 15) is 0 Å². The van der Waals surface area contributed by atoms with Crippen LogP contribution in [-0.4, -0.2) is 4.57 Å². The van der Waals surface area contributed by atoms with Crippen molar-refractivity contribution in [2.75, 3.05) is 4.90 Å². The molecule has 1 aliphatic heterocycles. The second-order valence-corrected chi connectivity index (χ2v) is 6.28. The summed E-state index contributed by atoms with van der Waals surface area (Å²) in [6, 6.07) is 15.6. The predicted octanol–water partition coefficient (Wildman–Crippen LogP) is 5.03. The summed E-state index contributed by atoms with van der Waals surface area (Å²) in [6.07, 6.45) is 0. The molecule has 0 atom stereocenters. The molecule has 2 nitrogen and oxygen atoms in total. The van der Waals surface area contributed by atoms with Crippen molar-refractivity contribution in [2.24, 2.45) is 7.05 Å². The van der Waals surface area contributed by atoms with Gasteiger partial charge in [-0.2, -0.15) is 0 Å². The van der Waals surface area contributed by atoms with Gasteiger partial charge in [-0.15, -0.1) is 0 Å². The van der Waals surface area contributed by atoms with E-state index >= 15 is 0 Å². The lowest BCUT2D eigenvalue weighted by Gasteiger charge is -2.19. The lowest BCUT2D eigenvalue weighted by atomic mass is 10.1. The van der Waals surface area contributed by atoms with Crippen molar-refractivity contribution in [2.45, 2.75) is 20.4 Å². The van der Waals surface area contributed by atoms with Gasteiger partial charge in [-0.3, -0.25) is 0 Å². The Labute approximate surface area is 132 Å². The van der Waals surface area contributed by atoms with Crippen LogP contribution in [0.15, 0.2) is 49.0 Å². The molecular weight excluding hydrogens is 268 g/mol. The molecule has 0 N–H and O–H groups in total. The molecule has 2 heterocycles. The zero-order valence-corrected chi connectivity index (χ0v) is 13.4. The first-order chi connectivity index (χ1) is 10.5. The normalized spacial score (nSPS) is 14.0. The zero-order chi connectivity index (χ0) is 15.4. The smallest absolute Gasteiger partial charge is 0.0488 e. The van der Waals surface area contributed by atoms with E-state index in [1.807, 2.05) is 0 Å². The Morgan fingerprint density at radius 3 is 2.68 bits per heavy atom.